The average Bonchev–Trinajstić information content (AvgIpc) is 2.64. The number of aryl methyl sites for hydroxylation is 1. The van der Waals surface area contributed by atoms with Crippen LogP contribution in [0.4, 0.5) is 18.9 Å². The fraction of sp³-hybridized carbons (Fsp3) is 0.211. The standard InChI is InChI=1S/C19H13ClF3N3O4/c1-7-11(21)3-13(23)18(24-7)26-6-10(19(29)30)17(28)9-2-12(22)16(14(20)15(9)26)25-4-8(27)5-25/h2-3,6,8,27H,4-5H2,1H3,(H,29,30). The molecule has 0 unspecified atom stereocenters. The first kappa shape index (κ1) is 20.2. The third-order valence-electron chi connectivity index (χ3n) is 4.88. The Kier molecular flexibility index (Phi) is 4.70. The van der Waals surface area contributed by atoms with E-state index in [1.54, 1.807) is 0 Å². The molecule has 3 heterocycles. The number of aliphatic hydroxyl groups excluding tert-OH is 1. The lowest BCUT2D eigenvalue weighted by Crippen LogP contribution is -2.51. The molecule has 30 heavy (non-hydrogen) atoms. The molecule has 1 aromatic carbocycles. The van der Waals surface area contributed by atoms with Crippen LogP contribution in [0.2, 0.25) is 5.02 Å². The number of halogens is 4. The van der Waals surface area contributed by atoms with Crippen LogP contribution in [0.5, 0.6) is 0 Å². The van der Waals surface area contributed by atoms with Gasteiger partial charge in [0.25, 0.3) is 0 Å². The highest BCUT2D eigenvalue weighted by atomic mass is 35.5. The van der Waals surface area contributed by atoms with Crippen molar-refractivity contribution in [2.45, 2.75) is 13.0 Å². The summed E-state index contributed by atoms with van der Waals surface area (Å²) in [4.78, 5) is 29.4. The molecule has 1 aliphatic heterocycles. The second-order valence-electron chi connectivity index (χ2n) is 6.88. The summed E-state index contributed by atoms with van der Waals surface area (Å²) < 4.78 is 43.9. The maximum Gasteiger partial charge on any atom is 0.341 e. The number of anilines is 1. The number of hydrogen-bond acceptors (Lipinski definition) is 5. The lowest BCUT2D eigenvalue weighted by Gasteiger charge is -2.38. The van der Waals surface area contributed by atoms with Crippen molar-refractivity contribution < 1.29 is 28.2 Å². The number of nitrogens with zero attached hydrogens (tertiary/aromatic N) is 3. The summed E-state index contributed by atoms with van der Waals surface area (Å²) in [7, 11) is 0. The van der Waals surface area contributed by atoms with Gasteiger partial charge < -0.3 is 15.1 Å². The van der Waals surface area contributed by atoms with Crippen LogP contribution < -0.4 is 10.3 Å². The normalized spacial score (nSPS) is 14.3. The molecule has 2 aromatic heterocycles. The van der Waals surface area contributed by atoms with Crippen molar-refractivity contribution >= 4 is 34.2 Å². The highest BCUT2D eigenvalue weighted by molar-refractivity contribution is 6.38. The van der Waals surface area contributed by atoms with E-state index in [4.69, 9.17) is 11.6 Å². The van der Waals surface area contributed by atoms with E-state index in [1.165, 1.54) is 11.8 Å². The zero-order chi connectivity index (χ0) is 21.9. The first-order valence-electron chi connectivity index (χ1n) is 8.66. The summed E-state index contributed by atoms with van der Waals surface area (Å²) >= 11 is 6.39. The molecule has 0 spiro atoms. The summed E-state index contributed by atoms with van der Waals surface area (Å²) in [6.07, 6.45) is 0.125. The molecule has 0 aliphatic carbocycles. The molecule has 11 heteroatoms. The second kappa shape index (κ2) is 6.99. The van der Waals surface area contributed by atoms with Crippen LogP contribution in [-0.4, -0.2) is 44.9 Å². The Morgan fingerprint density at radius 3 is 2.47 bits per heavy atom. The zero-order valence-electron chi connectivity index (χ0n) is 15.3. The Morgan fingerprint density at radius 2 is 1.87 bits per heavy atom. The third-order valence-corrected chi connectivity index (χ3v) is 5.24. The van der Waals surface area contributed by atoms with Crippen LogP contribution in [0.1, 0.15) is 16.1 Å². The number of carboxylic acid groups (broad SMARTS) is 1. The molecule has 0 amide bonds. The SMILES string of the molecule is Cc1nc(-n2cc(C(=O)O)c(=O)c3cc(F)c(N4CC(O)C4)c(Cl)c32)c(F)cc1F. The van der Waals surface area contributed by atoms with Gasteiger partial charge in [-0.05, 0) is 13.0 Å². The summed E-state index contributed by atoms with van der Waals surface area (Å²) in [5.74, 6) is -5.10. The highest BCUT2D eigenvalue weighted by Gasteiger charge is 2.31. The Balaban J connectivity index is 2.14. The van der Waals surface area contributed by atoms with Gasteiger partial charge in [-0.1, -0.05) is 11.6 Å². The second-order valence-corrected chi connectivity index (χ2v) is 7.26. The van der Waals surface area contributed by atoms with E-state index >= 15 is 0 Å². The minimum Gasteiger partial charge on any atom is -0.477 e. The molecule has 3 aromatic rings. The molecule has 1 saturated heterocycles. The number of rotatable bonds is 3. The van der Waals surface area contributed by atoms with E-state index in [0.717, 1.165) is 16.8 Å². The van der Waals surface area contributed by atoms with E-state index in [9.17, 15) is 33.0 Å². The van der Waals surface area contributed by atoms with Crippen LogP contribution in [-0.2, 0) is 0 Å². The van der Waals surface area contributed by atoms with Crippen LogP contribution in [0.25, 0.3) is 16.7 Å². The number of carbonyl (C=O) groups is 1. The van der Waals surface area contributed by atoms with Gasteiger partial charge >= 0.3 is 5.97 Å². The van der Waals surface area contributed by atoms with Gasteiger partial charge in [0.05, 0.1) is 33.4 Å². The smallest absolute Gasteiger partial charge is 0.341 e. The van der Waals surface area contributed by atoms with E-state index < -0.39 is 51.7 Å². The van der Waals surface area contributed by atoms with Crippen molar-refractivity contribution in [3.05, 3.63) is 62.3 Å². The summed E-state index contributed by atoms with van der Waals surface area (Å²) in [6.45, 7) is 1.44. The number of benzene rings is 1. The molecule has 4 rings (SSSR count). The number of fused-ring (bicyclic) bond motifs is 1. The zero-order valence-corrected chi connectivity index (χ0v) is 16.0. The van der Waals surface area contributed by atoms with Gasteiger partial charge in [0.1, 0.15) is 17.2 Å². The van der Waals surface area contributed by atoms with Crippen LogP contribution in [0, 0.1) is 24.4 Å². The molecule has 1 fully saturated rings. The van der Waals surface area contributed by atoms with E-state index in [-0.39, 0.29) is 35.0 Å². The van der Waals surface area contributed by atoms with Gasteiger partial charge in [0.15, 0.2) is 11.6 Å². The molecule has 1 aliphatic rings. The van der Waals surface area contributed by atoms with Gasteiger partial charge in [-0.25, -0.2) is 22.9 Å². The number of aliphatic hydroxyl groups is 1. The topological polar surface area (TPSA) is 95.7 Å². The Bertz CT molecular complexity index is 1290. The average molecular weight is 440 g/mol. The number of carboxylic acids is 1. The summed E-state index contributed by atoms with van der Waals surface area (Å²) in [5.41, 5.74) is -2.30. The summed E-state index contributed by atoms with van der Waals surface area (Å²) in [5, 5.41) is 18.2. The fourth-order valence-electron chi connectivity index (χ4n) is 3.37. The quantitative estimate of drug-likeness (QED) is 0.651. The van der Waals surface area contributed by atoms with Crippen molar-refractivity contribution in [3.63, 3.8) is 0 Å². The van der Waals surface area contributed by atoms with Gasteiger partial charge in [-0.2, -0.15) is 0 Å². The van der Waals surface area contributed by atoms with Crippen LogP contribution >= 0.6 is 11.6 Å². The van der Waals surface area contributed by atoms with Gasteiger partial charge in [-0.3, -0.25) is 9.36 Å². The lowest BCUT2D eigenvalue weighted by atomic mass is 10.1. The first-order valence-corrected chi connectivity index (χ1v) is 9.04. The molecular weight excluding hydrogens is 427 g/mol. The lowest BCUT2D eigenvalue weighted by molar-refractivity contribution is 0.0695. The molecular formula is C19H13ClF3N3O4. The predicted molar refractivity (Wildman–Crippen MR) is 102 cm³/mol. The molecule has 156 valence electrons. The van der Waals surface area contributed by atoms with Gasteiger partial charge in [-0.15, -0.1) is 0 Å². The van der Waals surface area contributed by atoms with Gasteiger partial charge in [0, 0.05) is 25.4 Å². The molecule has 0 atom stereocenters. The third kappa shape index (κ3) is 2.99. The van der Waals surface area contributed by atoms with Crippen molar-refractivity contribution in [1.82, 2.24) is 9.55 Å². The van der Waals surface area contributed by atoms with Crippen molar-refractivity contribution in [2.75, 3.05) is 18.0 Å². The monoisotopic (exact) mass is 439 g/mol. The summed E-state index contributed by atoms with van der Waals surface area (Å²) in [6, 6.07) is 1.37. The molecule has 2 N–H and O–H groups in total. The van der Waals surface area contributed by atoms with E-state index in [1.807, 2.05) is 0 Å². The van der Waals surface area contributed by atoms with Crippen LogP contribution in [0.3, 0.4) is 0 Å². The predicted octanol–water partition coefficient (Wildman–Crippen LogP) is 2.64. The number of hydrogen-bond donors (Lipinski definition) is 2. The maximum atomic E-state index is 14.8. The first-order chi connectivity index (χ1) is 14.1. The van der Waals surface area contributed by atoms with E-state index in [0.29, 0.717) is 6.07 Å². The Labute approximate surface area is 171 Å². The number of pyridine rings is 2. The number of aromatic nitrogens is 2. The molecule has 7 nitrogen and oxygen atoms in total. The molecule has 0 radical (unpaired) electrons. The number of β-amino-alcohol motifs (C(OH)–C–C–N with tert-alkyl or cyclic N) is 1. The fourth-order valence-corrected chi connectivity index (χ4v) is 3.77. The van der Waals surface area contributed by atoms with Crippen molar-refractivity contribution in [3.8, 4) is 5.82 Å². The van der Waals surface area contributed by atoms with Crippen molar-refractivity contribution in [2.24, 2.45) is 0 Å². The molecule has 0 saturated carbocycles. The van der Waals surface area contributed by atoms with Crippen molar-refractivity contribution in [1.29, 1.82) is 0 Å². The Hall–Kier alpha value is -3.11. The van der Waals surface area contributed by atoms with Crippen LogP contribution in [0.15, 0.2) is 23.1 Å². The Morgan fingerprint density at radius 1 is 1.20 bits per heavy atom. The highest BCUT2D eigenvalue weighted by Crippen LogP contribution is 2.38. The largest absolute Gasteiger partial charge is 0.477 e. The van der Waals surface area contributed by atoms with E-state index in [2.05, 4.69) is 4.98 Å². The minimum absolute atomic E-state index is 0.0852. The molecule has 0 bridgehead atoms. The minimum atomic E-state index is -1.62. The van der Waals surface area contributed by atoms with Gasteiger partial charge in [0.2, 0.25) is 5.43 Å². The maximum absolute atomic E-state index is 14.8. The number of aromatic carboxylic acids is 1.